The van der Waals surface area contributed by atoms with Crippen LogP contribution in [0.15, 0.2) is 66.2 Å². The summed E-state index contributed by atoms with van der Waals surface area (Å²) < 4.78 is 10.8. The first-order chi connectivity index (χ1) is 14.7. The van der Waals surface area contributed by atoms with E-state index in [0.29, 0.717) is 23.6 Å². The number of nitrogens with one attached hydrogen (secondary N) is 1. The number of carbonyl (C=O) groups excluding carboxylic acids is 1. The van der Waals surface area contributed by atoms with Crippen LogP contribution in [0.2, 0.25) is 0 Å². The molecule has 0 unspecified atom stereocenters. The van der Waals surface area contributed by atoms with Gasteiger partial charge >= 0.3 is 0 Å². The molecule has 0 radical (unpaired) electrons. The van der Waals surface area contributed by atoms with Crippen molar-refractivity contribution in [2.45, 2.75) is 12.8 Å². The van der Waals surface area contributed by atoms with E-state index in [1.54, 1.807) is 20.3 Å². The molecule has 0 saturated carbocycles. The molecule has 3 aromatic carbocycles. The lowest BCUT2D eigenvalue weighted by Gasteiger charge is -2.11. The molecule has 0 heterocycles. The van der Waals surface area contributed by atoms with E-state index < -0.39 is 5.91 Å². The van der Waals surface area contributed by atoms with Crippen LogP contribution in [-0.4, -0.2) is 26.7 Å². The molecule has 0 saturated heterocycles. The van der Waals surface area contributed by atoms with Crippen molar-refractivity contribution < 1.29 is 14.3 Å². The molecular formula is C25H24N2O3. The van der Waals surface area contributed by atoms with Gasteiger partial charge in [-0.1, -0.05) is 42.5 Å². The number of hydrogen-bond donors (Lipinski definition) is 1. The fourth-order valence-corrected chi connectivity index (χ4v) is 3.28. The van der Waals surface area contributed by atoms with E-state index in [-0.39, 0.29) is 5.57 Å². The summed E-state index contributed by atoms with van der Waals surface area (Å²) in [5.74, 6) is 0.877. The van der Waals surface area contributed by atoms with Crippen LogP contribution in [-0.2, 0) is 11.2 Å². The lowest BCUT2D eigenvalue weighted by molar-refractivity contribution is -0.117. The third-order valence-corrected chi connectivity index (χ3v) is 4.87. The summed E-state index contributed by atoms with van der Waals surface area (Å²) in [5.41, 5.74) is 1.92. The van der Waals surface area contributed by atoms with E-state index in [4.69, 9.17) is 9.47 Å². The largest absolute Gasteiger partial charge is 0.497 e. The molecule has 30 heavy (non-hydrogen) atoms. The maximum Gasteiger partial charge on any atom is 0.261 e. The number of amides is 1. The van der Waals surface area contributed by atoms with Crippen LogP contribution in [0.3, 0.4) is 0 Å². The van der Waals surface area contributed by atoms with E-state index in [0.717, 1.165) is 23.6 Å². The lowest BCUT2D eigenvalue weighted by Crippen LogP contribution is -2.25. The number of rotatable bonds is 8. The predicted molar refractivity (Wildman–Crippen MR) is 118 cm³/mol. The van der Waals surface area contributed by atoms with Gasteiger partial charge in [0.25, 0.3) is 5.91 Å². The quantitative estimate of drug-likeness (QED) is 0.343. The second-order valence-corrected chi connectivity index (χ2v) is 6.78. The topological polar surface area (TPSA) is 71.3 Å². The molecule has 5 nitrogen and oxygen atoms in total. The van der Waals surface area contributed by atoms with Crippen LogP contribution in [0.5, 0.6) is 11.5 Å². The average Bonchev–Trinajstić information content (AvgIpc) is 2.80. The molecule has 3 aromatic rings. The van der Waals surface area contributed by atoms with E-state index in [1.165, 1.54) is 5.56 Å². The molecule has 0 atom stereocenters. The Labute approximate surface area is 176 Å². The molecule has 1 N–H and O–H groups in total. The first-order valence-electron chi connectivity index (χ1n) is 9.75. The Kier molecular flexibility index (Phi) is 7.07. The number of carbonyl (C=O) groups is 1. The molecule has 0 aromatic heterocycles. The average molecular weight is 400 g/mol. The van der Waals surface area contributed by atoms with Gasteiger partial charge in [-0.3, -0.25) is 4.79 Å². The van der Waals surface area contributed by atoms with Crippen molar-refractivity contribution in [3.8, 4) is 17.6 Å². The minimum atomic E-state index is -0.396. The van der Waals surface area contributed by atoms with Crippen molar-refractivity contribution in [1.29, 1.82) is 5.26 Å². The molecular weight excluding hydrogens is 376 g/mol. The normalized spacial score (nSPS) is 11.0. The Morgan fingerprint density at radius 3 is 2.53 bits per heavy atom. The fraction of sp³-hybridized carbons (Fsp3) is 0.200. The number of hydrogen-bond acceptors (Lipinski definition) is 4. The molecule has 5 heteroatoms. The van der Waals surface area contributed by atoms with Gasteiger partial charge in [0, 0.05) is 12.1 Å². The van der Waals surface area contributed by atoms with Crippen LogP contribution in [0.25, 0.3) is 16.8 Å². The smallest absolute Gasteiger partial charge is 0.261 e. The highest BCUT2D eigenvalue weighted by atomic mass is 16.5. The highest BCUT2D eigenvalue weighted by Gasteiger charge is 2.13. The number of fused-ring (bicyclic) bond motifs is 1. The van der Waals surface area contributed by atoms with Gasteiger partial charge in [0.05, 0.1) is 14.2 Å². The molecule has 0 aliphatic rings. The Morgan fingerprint density at radius 1 is 1.07 bits per heavy atom. The summed E-state index contributed by atoms with van der Waals surface area (Å²) in [4.78, 5) is 12.6. The van der Waals surface area contributed by atoms with Crippen LogP contribution in [0, 0.1) is 11.3 Å². The van der Waals surface area contributed by atoms with Gasteiger partial charge in [0.2, 0.25) is 0 Å². The van der Waals surface area contributed by atoms with Crippen molar-refractivity contribution in [2.75, 3.05) is 20.8 Å². The van der Waals surface area contributed by atoms with Crippen molar-refractivity contribution >= 4 is 22.8 Å². The zero-order chi connectivity index (χ0) is 21.3. The van der Waals surface area contributed by atoms with E-state index >= 15 is 0 Å². The molecule has 0 aliphatic heterocycles. The Morgan fingerprint density at radius 2 is 1.83 bits per heavy atom. The maximum absolute atomic E-state index is 12.6. The maximum atomic E-state index is 12.6. The van der Waals surface area contributed by atoms with Gasteiger partial charge in [-0.15, -0.1) is 0 Å². The number of benzene rings is 3. The van der Waals surface area contributed by atoms with Crippen LogP contribution in [0.4, 0.5) is 0 Å². The van der Waals surface area contributed by atoms with Gasteiger partial charge in [-0.2, -0.15) is 5.26 Å². The van der Waals surface area contributed by atoms with Gasteiger partial charge in [0.1, 0.15) is 23.1 Å². The second-order valence-electron chi connectivity index (χ2n) is 6.78. The SMILES string of the molecule is COc1ccc2ccc(OC)c(/C=C(/C#N)C(=O)NCCCc3ccccc3)c2c1. The monoisotopic (exact) mass is 400 g/mol. The zero-order valence-electron chi connectivity index (χ0n) is 17.1. The molecule has 0 spiro atoms. The first kappa shape index (κ1) is 20.9. The summed E-state index contributed by atoms with van der Waals surface area (Å²) in [6.45, 7) is 0.493. The summed E-state index contributed by atoms with van der Waals surface area (Å²) >= 11 is 0. The van der Waals surface area contributed by atoms with Crippen molar-refractivity contribution in [3.63, 3.8) is 0 Å². The summed E-state index contributed by atoms with van der Waals surface area (Å²) in [5, 5.41) is 14.2. The van der Waals surface area contributed by atoms with Crippen LogP contribution in [0.1, 0.15) is 17.5 Å². The Balaban J connectivity index is 1.80. The molecule has 1 amide bonds. The van der Waals surface area contributed by atoms with Crippen molar-refractivity contribution in [1.82, 2.24) is 5.32 Å². The molecule has 0 aliphatic carbocycles. The Hall–Kier alpha value is -3.78. The van der Waals surface area contributed by atoms with Gasteiger partial charge in [0.15, 0.2) is 0 Å². The minimum absolute atomic E-state index is 0.0309. The predicted octanol–water partition coefficient (Wildman–Crippen LogP) is 4.51. The first-order valence-corrected chi connectivity index (χ1v) is 9.75. The lowest BCUT2D eigenvalue weighted by atomic mass is 10.0. The summed E-state index contributed by atoms with van der Waals surface area (Å²) in [6, 6.07) is 21.5. The number of nitrogens with zero attached hydrogens (tertiary/aromatic N) is 1. The van der Waals surface area contributed by atoms with E-state index in [2.05, 4.69) is 17.4 Å². The van der Waals surface area contributed by atoms with E-state index in [1.807, 2.05) is 54.6 Å². The highest BCUT2D eigenvalue weighted by molar-refractivity contribution is 6.05. The van der Waals surface area contributed by atoms with Gasteiger partial charge in [-0.05, 0) is 53.5 Å². The summed E-state index contributed by atoms with van der Waals surface area (Å²) in [7, 11) is 3.16. The third kappa shape index (κ3) is 4.98. The molecule has 152 valence electrons. The number of methoxy groups -OCH3 is 2. The Bertz CT molecular complexity index is 1090. The van der Waals surface area contributed by atoms with Crippen molar-refractivity contribution in [3.05, 3.63) is 77.4 Å². The standard InChI is InChI=1S/C25H24N2O3/c1-29-21-12-10-19-11-13-24(30-2)23(22(19)16-21)15-20(17-26)25(28)27-14-6-9-18-7-4-3-5-8-18/h3-5,7-8,10-13,15-16H,6,9,14H2,1-2H3,(H,27,28)/b20-15-. The molecule has 0 bridgehead atoms. The van der Waals surface area contributed by atoms with Crippen LogP contribution >= 0.6 is 0 Å². The second kappa shape index (κ2) is 10.1. The highest BCUT2D eigenvalue weighted by Crippen LogP contribution is 2.32. The minimum Gasteiger partial charge on any atom is -0.497 e. The molecule has 0 fully saturated rings. The van der Waals surface area contributed by atoms with Crippen molar-refractivity contribution in [2.24, 2.45) is 0 Å². The van der Waals surface area contributed by atoms with Gasteiger partial charge in [-0.25, -0.2) is 0 Å². The van der Waals surface area contributed by atoms with E-state index in [9.17, 15) is 10.1 Å². The molecule has 3 rings (SSSR count). The van der Waals surface area contributed by atoms with Crippen LogP contribution < -0.4 is 14.8 Å². The zero-order valence-corrected chi connectivity index (χ0v) is 17.1. The number of ether oxygens (including phenoxy) is 2. The number of nitriles is 1. The summed E-state index contributed by atoms with van der Waals surface area (Å²) in [6.07, 6.45) is 3.24. The fourth-order valence-electron chi connectivity index (χ4n) is 3.28. The number of aryl methyl sites for hydroxylation is 1. The van der Waals surface area contributed by atoms with Gasteiger partial charge < -0.3 is 14.8 Å². The third-order valence-electron chi connectivity index (χ3n) is 4.87.